The van der Waals surface area contributed by atoms with E-state index < -0.39 is 6.04 Å². The normalized spacial score (nSPS) is 14.8. The van der Waals surface area contributed by atoms with Gasteiger partial charge in [-0.05, 0) is 19.3 Å². The fourth-order valence-corrected chi connectivity index (χ4v) is 1.35. The largest absolute Gasteiger partial charge is 0.345 e. The van der Waals surface area contributed by atoms with E-state index in [4.69, 9.17) is 5.73 Å². The Hall–Kier alpha value is -1.50. The van der Waals surface area contributed by atoms with E-state index in [0.29, 0.717) is 18.2 Å². The standard InChI is InChI=1S/C9H18N6O/c1-5(2)4-7(10)9(16)11-6(3)8-12-14-15-13-8/h5-7H,4,10H2,1-3H3,(H,11,16)(H,12,13,14,15). The number of amides is 1. The number of hydrogen-bond acceptors (Lipinski definition) is 5. The molecule has 0 aliphatic rings. The lowest BCUT2D eigenvalue weighted by Crippen LogP contribution is -2.42. The molecule has 0 radical (unpaired) electrons. The van der Waals surface area contributed by atoms with Crippen LogP contribution in [0.1, 0.15) is 39.1 Å². The van der Waals surface area contributed by atoms with Crippen LogP contribution < -0.4 is 11.1 Å². The van der Waals surface area contributed by atoms with Crippen molar-refractivity contribution in [3.8, 4) is 0 Å². The molecule has 1 amide bonds. The number of rotatable bonds is 5. The summed E-state index contributed by atoms with van der Waals surface area (Å²) in [6.07, 6.45) is 0.658. The average Bonchev–Trinajstić information content (AvgIpc) is 2.68. The predicted molar refractivity (Wildman–Crippen MR) is 58.2 cm³/mol. The highest BCUT2D eigenvalue weighted by Gasteiger charge is 2.19. The van der Waals surface area contributed by atoms with Crippen LogP contribution in [0.5, 0.6) is 0 Å². The number of nitrogens with zero attached hydrogens (tertiary/aromatic N) is 3. The van der Waals surface area contributed by atoms with Gasteiger partial charge < -0.3 is 11.1 Å². The number of tetrazole rings is 1. The molecule has 1 rings (SSSR count). The minimum absolute atomic E-state index is 0.189. The summed E-state index contributed by atoms with van der Waals surface area (Å²) < 4.78 is 0. The Morgan fingerprint density at radius 2 is 2.19 bits per heavy atom. The maximum Gasteiger partial charge on any atom is 0.237 e. The number of carbonyl (C=O) groups is 1. The number of aromatic nitrogens is 4. The third-order valence-electron chi connectivity index (χ3n) is 2.17. The molecule has 0 saturated heterocycles. The molecule has 1 aromatic heterocycles. The molecule has 16 heavy (non-hydrogen) atoms. The van der Waals surface area contributed by atoms with E-state index in [-0.39, 0.29) is 11.9 Å². The maximum atomic E-state index is 11.7. The van der Waals surface area contributed by atoms with Gasteiger partial charge in [0.25, 0.3) is 0 Å². The second kappa shape index (κ2) is 5.55. The Morgan fingerprint density at radius 3 is 2.69 bits per heavy atom. The summed E-state index contributed by atoms with van der Waals surface area (Å²) in [5.74, 6) is 0.650. The quantitative estimate of drug-likeness (QED) is 0.641. The van der Waals surface area contributed by atoms with Gasteiger partial charge >= 0.3 is 0 Å². The van der Waals surface area contributed by atoms with Crippen molar-refractivity contribution in [2.24, 2.45) is 11.7 Å². The van der Waals surface area contributed by atoms with Gasteiger partial charge in [-0.3, -0.25) is 4.79 Å². The van der Waals surface area contributed by atoms with Crippen LogP contribution >= 0.6 is 0 Å². The van der Waals surface area contributed by atoms with Gasteiger partial charge in [0.2, 0.25) is 5.91 Å². The molecule has 2 atom stereocenters. The number of hydrogen-bond donors (Lipinski definition) is 3. The van der Waals surface area contributed by atoms with Crippen molar-refractivity contribution in [1.29, 1.82) is 0 Å². The second-order valence-corrected chi connectivity index (χ2v) is 4.24. The molecule has 0 bridgehead atoms. The molecule has 7 heteroatoms. The Morgan fingerprint density at radius 1 is 1.50 bits per heavy atom. The predicted octanol–water partition coefficient (Wildman–Crippen LogP) is -0.250. The van der Waals surface area contributed by atoms with Crippen molar-refractivity contribution >= 4 is 5.91 Å². The first kappa shape index (κ1) is 12.6. The fraction of sp³-hybridized carbons (Fsp3) is 0.778. The van der Waals surface area contributed by atoms with Gasteiger partial charge in [0.05, 0.1) is 12.1 Å². The topological polar surface area (TPSA) is 110 Å². The highest BCUT2D eigenvalue weighted by atomic mass is 16.2. The van der Waals surface area contributed by atoms with Crippen molar-refractivity contribution in [2.75, 3.05) is 0 Å². The molecule has 0 aromatic carbocycles. The van der Waals surface area contributed by atoms with E-state index in [9.17, 15) is 4.79 Å². The van der Waals surface area contributed by atoms with Crippen molar-refractivity contribution in [1.82, 2.24) is 25.9 Å². The number of aromatic amines is 1. The summed E-state index contributed by atoms with van der Waals surface area (Å²) in [7, 11) is 0. The van der Waals surface area contributed by atoms with Gasteiger partial charge in [0.15, 0.2) is 5.82 Å². The van der Waals surface area contributed by atoms with E-state index >= 15 is 0 Å². The Bertz CT molecular complexity index is 323. The summed E-state index contributed by atoms with van der Waals surface area (Å²) in [6.45, 7) is 5.83. The van der Waals surface area contributed by atoms with Gasteiger partial charge in [-0.1, -0.05) is 19.1 Å². The lowest BCUT2D eigenvalue weighted by molar-refractivity contribution is -0.123. The van der Waals surface area contributed by atoms with E-state index in [1.807, 2.05) is 13.8 Å². The van der Waals surface area contributed by atoms with E-state index in [0.717, 1.165) is 0 Å². The van der Waals surface area contributed by atoms with Crippen molar-refractivity contribution in [3.63, 3.8) is 0 Å². The summed E-state index contributed by atoms with van der Waals surface area (Å²) in [6, 6.07) is -0.779. The average molecular weight is 226 g/mol. The molecule has 2 unspecified atom stereocenters. The van der Waals surface area contributed by atoms with Gasteiger partial charge in [-0.25, -0.2) is 0 Å². The molecule has 0 spiro atoms. The van der Waals surface area contributed by atoms with Crippen molar-refractivity contribution < 1.29 is 4.79 Å². The minimum Gasteiger partial charge on any atom is -0.345 e. The van der Waals surface area contributed by atoms with Crippen LogP contribution in [-0.2, 0) is 4.79 Å². The van der Waals surface area contributed by atoms with Crippen LogP contribution in [0.3, 0.4) is 0 Å². The molecule has 0 aliphatic heterocycles. The monoisotopic (exact) mass is 226 g/mol. The van der Waals surface area contributed by atoms with E-state index in [1.54, 1.807) is 6.92 Å². The van der Waals surface area contributed by atoms with Gasteiger partial charge in [0.1, 0.15) is 0 Å². The summed E-state index contributed by atoms with van der Waals surface area (Å²) in [5.41, 5.74) is 5.74. The van der Waals surface area contributed by atoms with E-state index in [1.165, 1.54) is 0 Å². The zero-order valence-electron chi connectivity index (χ0n) is 9.77. The number of carbonyl (C=O) groups excluding carboxylic acids is 1. The Kier molecular flexibility index (Phi) is 4.36. The number of nitrogens with one attached hydrogen (secondary N) is 2. The third kappa shape index (κ3) is 3.58. The van der Waals surface area contributed by atoms with Crippen LogP contribution in [0.25, 0.3) is 0 Å². The van der Waals surface area contributed by atoms with Crippen LogP contribution in [0.15, 0.2) is 0 Å². The first-order valence-electron chi connectivity index (χ1n) is 5.30. The summed E-state index contributed by atoms with van der Waals surface area (Å²) >= 11 is 0. The summed E-state index contributed by atoms with van der Waals surface area (Å²) in [4.78, 5) is 11.7. The molecule has 1 aromatic rings. The molecule has 0 saturated carbocycles. The zero-order chi connectivity index (χ0) is 12.1. The lowest BCUT2D eigenvalue weighted by Gasteiger charge is -2.16. The minimum atomic E-state index is -0.491. The van der Waals surface area contributed by atoms with Gasteiger partial charge in [-0.2, -0.15) is 5.21 Å². The first-order chi connectivity index (χ1) is 7.50. The molecular formula is C9H18N6O. The molecule has 0 fully saturated rings. The van der Waals surface area contributed by atoms with Gasteiger partial charge in [-0.15, -0.1) is 10.2 Å². The zero-order valence-corrected chi connectivity index (χ0v) is 9.77. The second-order valence-electron chi connectivity index (χ2n) is 4.24. The molecule has 90 valence electrons. The maximum absolute atomic E-state index is 11.7. The third-order valence-corrected chi connectivity index (χ3v) is 2.17. The molecule has 4 N–H and O–H groups in total. The van der Waals surface area contributed by atoms with Crippen molar-refractivity contribution in [2.45, 2.75) is 39.3 Å². The number of nitrogens with two attached hydrogens (primary N) is 1. The lowest BCUT2D eigenvalue weighted by atomic mass is 10.0. The van der Waals surface area contributed by atoms with E-state index in [2.05, 4.69) is 25.9 Å². The van der Waals surface area contributed by atoms with Crippen LogP contribution in [-0.4, -0.2) is 32.6 Å². The fourth-order valence-electron chi connectivity index (χ4n) is 1.35. The summed E-state index contributed by atoms with van der Waals surface area (Å²) in [5, 5.41) is 16.1. The number of H-pyrrole nitrogens is 1. The van der Waals surface area contributed by atoms with Gasteiger partial charge in [0, 0.05) is 0 Å². The highest BCUT2D eigenvalue weighted by molar-refractivity contribution is 5.81. The first-order valence-corrected chi connectivity index (χ1v) is 5.30. The smallest absolute Gasteiger partial charge is 0.237 e. The Balaban J connectivity index is 2.45. The molecular weight excluding hydrogens is 208 g/mol. The Labute approximate surface area is 94.2 Å². The highest BCUT2D eigenvalue weighted by Crippen LogP contribution is 2.06. The van der Waals surface area contributed by atoms with Crippen LogP contribution in [0.4, 0.5) is 0 Å². The van der Waals surface area contributed by atoms with Crippen LogP contribution in [0.2, 0.25) is 0 Å². The van der Waals surface area contributed by atoms with Crippen LogP contribution in [0, 0.1) is 5.92 Å². The van der Waals surface area contributed by atoms with Crippen molar-refractivity contribution in [3.05, 3.63) is 5.82 Å². The molecule has 1 heterocycles. The molecule has 7 nitrogen and oxygen atoms in total. The SMILES string of the molecule is CC(C)CC(N)C(=O)NC(C)c1nn[nH]n1. The molecule has 0 aliphatic carbocycles.